The summed E-state index contributed by atoms with van der Waals surface area (Å²) in [5.74, 6) is 0.666. The van der Waals surface area contributed by atoms with E-state index in [0.717, 1.165) is 10.1 Å². The Balaban J connectivity index is 1.41. The van der Waals surface area contributed by atoms with Gasteiger partial charge in [-0.3, -0.25) is 4.79 Å². The first kappa shape index (κ1) is 22.3. The summed E-state index contributed by atoms with van der Waals surface area (Å²) in [4.78, 5) is 29.0. The summed E-state index contributed by atoms with van der Waals surface area (Å²) in [6.07, 6.45) is 0. The molecule has 4 aromatic rings. The van der Waals surface area contributed by atoms with Gasteiger partial charge in [-0.15, -0.1) is 0 Å². The first-order valence-corrected chi connectivity index (χ1v) is 10.5. The van der Waals surface area contributed by atoms with Crippen LogP contribution in [0.2, 0.25) is 5.15 Å². The van der Waals surface area contributed by atoms with Crippen LogP contribution in [0.3, 0.4) is 0 Å². The van der Waals surface area contributed by atoms with E-state index < -0.39 is 5.97 Å². The molecule has 168 valence electrons. The number of methoxy groups -OCH3 is 1. The summed E-state index contributed by atoms with van der Waals surface area (Å²) in [5.41, 5.74) is 0.873. The molecule has 0 fully saturated rings. The zero-order valence-electron chi connectivity index (χ0n) is 17.7. The Kier molecular flexibility index (Phi) is 6.85. The number of benzene rings is 2. The molecule has 2 aromatic heterocycles. The minimum atomic E-state index is -0.682. The van der Waals surface area contributed by atoms with Crippen LogP contribution in [0.15, 0.2) is 71.5 Å². The fourth-order valence-electron chi connectivity index (χ4n) is 3.10. The molecule has 0 aliphatic carbocycles. The number of para-hydroxylation sites is 1. The summed E-state index contributed by atoms with van der Waals surface area (Å²) < 4.78 is 17.3. The van der Waals surface area contributed by atoms with Crippen molar-refractivity contribution in [3.05, 3.63) is 93.5 Å². The molecule has 0 aliphatic rings. The van der Waals surface area contributed by atoms with Crippen LogP contribution in [-0.2, 0) is 17.9 Å². The Morgan fingerprint density at radius 1 is 1.03 bits per heavy atom. The summed E-state index contributed by atoms with van der Waals surface area (Å²) in [6, 6.07) is 19.0. The highest BCUT2D eigenvalue weighted by atomic mass is 35.5. The van der Waals surface area contributed by atoms with Gasteiger partial charge in [0.05, 0.1) is 19.2 Å². The number of hydrogen-bond acceptors (Lipinski definition) is 7. The van der Waals surface area contributed by atoms with Crippen molar-refractivity contribution in [1.82, 2.24) is 14.8 Å². The van der Waals surface area contributed by atoms with Crippen LogP contribution < -0.4 is 15.0 Å². The second kappa shape index (κ2) is 10.1. The second-order valence-electron chi connectivity index (χ2n) is 7.01. The molecule has 0 bridgehead atoms. The van der Waals surface area contributed by atoms with Gasteiger partial charge in [0.25, 0.3) is 5.56 Å². The average Bonchev–Trinajstić information content (AvgIpc) is 2.84. The van der Waals surface area contributed by atoms with Crippen molar-refractivity contribution in [2.75, 3.05) is 13.7 Å². The summed E-state index contributed by atoms with van der Waals surface area (Å²) >= 11 is 6.26. The molecule has 2 heterocycles. The SMILES string of the molecule is COc1ccc2cc(COC(=O)c3ccc(=O)n(CCOc4ccccc4)n3)c(Cl)nc2c1. The third-order valence-electron chi connectivity index (χ3n) is 4.80. The number of esters is 1. The number of carbonyl (C=O) groups is 1. The molecular weight excluding hydrogens is 446 g/mol. The summed E-state index contributed by atoms with van der Waals surface area (Å²) in [6.45, 7) is 0.307. The van der Waals surface area contributed by atoms with E-state index in [1.165, 1.54) is 12.1 Å². The third-order valence-corrected chi connectivity index (χ3v) is 5.13. The molecule has 8 nitrogen and oxygen atoms in total. The molecule has 0 radical (unpaired) electrons. The van der Waals surface area contributed by atoms with Crippen LogP contribution in [0.1, 0.15) is 16.1 Å². The molecule has 0 unspecified atom stereocenters. The smallest absolute Gasteiger partial charge is 0.359 e. The second-order valence-corrected chi connectivity index (χ2v) is 7.37. The van der Waals surface area contributed by atoms with Gasteiger partial charge in [0.15, 0.2) is 5.69 Å². The van der Waals surface area contributed by atoms with Gasteiger partial charge in [-0.05, 0) is 36.4 Å². The van der Waals surface area contributed by atoms with Crippen LogP contribution in [-0.4, -0.2) is 34.5 Å². The number of nitrogens with zero attached hydrogens (tertiary/aromatic N) is 3. The van der Waals surface area contributed by atoms with Gasteiger partial charge in [-0.25, -0.2) is 14.5 Å². The number of rotatable bonds is 8. The van der Waals surface area contributed by atoms with Crippen molar-refractivity contribution in [3.8, 4) is 11.5 Å². The molecule has 33 heavy (non-hydrogen) atoms. The molecule has 0 amide bonds. The lowest BCUT2D eigenvalue weighted by molar-refractivity contribution is 0.0462. The highest BCUT2D eigenvalue weighted by molar-refractivity contribution is 6.30. The van der Waals surface area contributed by atoms with E-state index in [1.54, 1.807) is 19.2 Å². The highest BCUT2D eigenvalue weighted by Crippen LogP contribution is 2.24. The standard InChI is InChI=1S/C24H20ClN3O5/c1-31-19-8-7-16-13-17(23(25)26-21(16)14-19)15-33-24(30)20-9-10-22(29)28(27-20)11-12-32-18-5-3-2-4-6-18/h2-10,13-14H,11-12,15H2,1H3. The maximum atomic E-state index is 12.5. The Bertz CT molecular complexity index is 1340. The molecule has 0 saturated carbocycles. The van der Waals surface area contributed by atoms with Crippen molar-refractivity contribution in [2.45, 2.75) is 13.2 Å². The molecule has 9 heteroatoms. The summed E-state index contributed by atoms with van der Waals surface area (Å²) in [5, 5.41) is 5.15. The summed E-state index contributed by atoms with van der Waals surface area (Å²) in [7, 11) is 1.57. The molecule has 0 atom stereocenters. The van der Waals surface area contributed by atoms with Crippen molar-refractivity contribution in [2.24, 2.45) is 0 Å². The van der Waals surface area contributed by atoms with E-state index in [-0.39, 0.29) is 36.2 Å². The van der Waals surface area contributed by atoms with E-state index in [2.05, 4.69) is 10.1 Å². The van der Waals surface area contributed by atoms with Crippen molar-refractivity contribution in [1.29, 1.82) is 0 Å². The largest absolute Gasteiger partial charge is 0.497 e. The number of ether oxygens (including phenoxy) is 3. The molecule has 2 aromatic carbocycles. The van der Waals surface area contributed by atoms with Gasteiger partial charge in [0, 0.05) is 23.1 Å². The molecule has 0 spiro atoms. The van der Waals surface area contributed by atoms with E-state index in [9.17, 15) is 9.59 Å². The molecule has 4 rings (SSSR count). The van der Waals surface area contributed by atoms with E-state index in [1.807, 2.05) is 42.5 Å². The van der Waals surface area contributed by atoms with Gasteiger partial charge in [-0.2, -0.15) is 5.10 Å². The van der Waals surface area contributed by atoms with Gasteiger partial charge in [0.1, 0.15) is 29.9 Å². The van der Waals surface area contributed by atoms with Crippen molar-refractivity contribution >= 4 is 28.5 Å². The van der Waals surface area contributed by atoms with Crippen LogP contribution in [0.4, 0.5) is 0 Å². The predicted molar refractivity (Wildman–Crippen MR) is 123 cm³/mol. The van der Waals surface area contributed by atoms with E-state index in [0.29, 0.717) is 22.6 Å². The Morgan fingerprint density at radius 2 is 1.85 bits per heavy atom. The van der Waals surface area contributed by atoms with Crippen molar-refractivity contribution < 1.29 is 19.0 Å². The van der Waals surface area contributed by atoms with E-state index >= 15 is 0 Å². The number of fused-ring (bicyclic) bond motifs is 1. The van der Waals surface area contributed by atoms with Crippen LogP contribution in [0.5, 0.6) is 11.5 Å². The lowest BCUT2D eigenvalue weighted by Gasteiger charge is -2.10. The van der Waals surface area contributed by atoms with Gasteiger partial charge < -0.3 is 14.2 Å². The van der Waals surface area contributed by atoms with Gasteiger partial charge in [-0.1, -0.05) is 29.8 Å². The Hall–Kier alpha value is -3.91. The maximum Gasteiger partial charge on any atom is 0.359 e. The first-order chi connectivity index (χ1) is 16.0. The number of carbonyl (C=O) groups excluding carboxylic acids is 1. The lowest BCUT2D eigenvalue weighted by Crippen LogP contribution is -2.27. The normalized spacial score (nSPS) is 10.7. The number of pyridine rings is 1. The Morgan fingerprint density at radius 3 is 2.64 bits per heavy atom. The predicted octanol–water partition coefficient (Wildman–Crippen LogP) is 3.89. The number of aromatic nitrogens is 3. The first-order valence-electron chi connectivity index (χ1n) is 10.1. The lowest BCUT2D eigenvalue weighted by atomic mass is 10.1. The zero-order chi connectivity index (χ0) is 23.2. The number of halogens is 1. The van der Waals surface area contributed by atoms with Crippen LogP contribution in [0, 0.1) is 0 Å². The number of hydrogen-bond donors (Lipinski definition) is 0. The fraction of sp³-hybridized carbons (Fsp3) is 0.167. The Labute approximate surface area is 194 Å². The molecule has 0 saturated heterocycles. The molecular formula is C24H20ClN3O5. The minimum absolute atomic E-state index is 0.00363. The van der Waals surface area contributed by atoms with Crippen LogP contribution >= 0.6 is 11.6 Å². The molecule has 0 aliphatic heterocycles. The third kappa shape index (κ3) is 5.48. The highest BCUT2D eigenvalue weighted by Gasteiger charge is 2.14. The average molecular weight is 466 g/mol. The molecule has 0 N–H and O–H groups in total. The zero-order valence-corrected chi connectivity index (χ0v) is 18.5. The van der Waals surface area contributed by atoms with Gasteiger partial charge >= 0.3 is 5.97 Å². The van der Waals surface area contributed by atoms with Crippen molar-refractivity contribution in [3.63, 3.8) is 0 Å². The topological polar surface area (TPSA) is 92.5 Å². The van der Waals surface area contributed by atoms with Crippen LogP contribution in [0.25, 0.3) is 10.9 Å². The maximum absolute atomic E-state index is 12.5. The monoisotopic (exact) mass is 465 g/mol. The fourth-order valence-corrected chi connectivity index (χ4v) is 3.30. The quantitative estimate of drug-likeness (QED) is 0.288. The van der Waals surface area contributed by atoms with E-state index in [4.69, 9.17) is 25.8 Å². The minimum Gasteiger partial charge on any atom is -0.497 e. The van der Waals surface area contributed by atoms with Gasteiger partial charge in [0.2, 0.25) is 0 Å².